The summed E-state index contributed by atoms with van der Waals surface area (Å²) in [6, 6.07) is 13.9. The van der Waals surface area contributed by atoms with Gasteiger partial charge in [-0.3, -0.25) is 23.6 Å². The van der Waals surface area contributed by atoms with Crippen LogP contribution in [0.2, 0.25) is 10.0 Å². The minimum absolute atomic E-state index is 0.00424. The van der Waals surface area contributed by atoms with Crippen molar-refractivity contribution in [1.82, 2.24) is 29.3 Å². The Bertz CT molecular complexity index is 2490. The first-order chi connectivity index (χ1) is 25.9. The van der Waals surface area contributed by atoms with Gasteiger partial charge in [-0.2, -0.15) is 0 Å². The molecule has 3 aromatic heterocycles. The lowest BCUT2D eigenvalue weighted by Gasteiger charge is -2.35. The van der Waals surface area contributed by atoms with Crippen LogP contribution in [0.3, 0.4) is 0 Å². The van der Waals surface area contributed by atoms with E-state index in [0.717, 1.165) is 71.5 Å². The van der Waals surface area contributed by atoms with Crippen LogP contribution >= 0.6 is 23.2 Å². The number of ether oxygens (including phenoxy) is 1. The lowest BCUT2D eigenvalue weighted by molar-refractivity contribution is -0.125. The van der Waals surface area contributed by atoms with Crippen LogP contribution in [0, 0.1) is 0 Å². The van der Waals surface area contributed by atoms with Crippen LogP contribution in [-0.4, -0.2) is 55.6 Å². The van der Waals surface area contributed by atoms with Gasteiger partial charge in [0.15, 0.2) is 0 Å². The first-order valence-electron chi connectivity index (χ1n) is 17.8. The van der Waals surface area contributed by atoms with Gasteiger partial charge in [0.05, 0.1) is 39.6 Å². The molecule has 54 heavy (non-hydrogen) atoms. The van der Waals surface area contributed by atoms with Gasteiger partial charge < -0.3 is 15.4 Å². The molecule has 2 N–H and O–H groups in total. The van der Waals surface area contributed by atoms with Gasteiger partial charge in [-0.1, -0.05) is 53.5 Å². The Balaban J connectivity index is 1.14. The molecule has 0 unspecified atom stereocenters. The van der Waals surface area contributed by atoms with Gasteiger partial charge in [-0.05, 0) is 55.9 Å². The van der Waals surface area contributed by atoms with Crippen LogP contribution in [0.25, 0.3) is 33.3 Å². The summed E-state index contributed by atoms with van der Waals surface area (Å²) in [7, 11) is 4.33. The standard InChI is InChI=1S/C39H37Cl2F2N7O4/c1-48-28-18-26(34(42)43)45-35(31(28)37(52)49(2)38(48)53)44-24-10-5-8-22(33(24)41)21-7-4-9-23(32(21)40)25-17-20-12-13-27(30(20)36(46-25)54-3)50-16-15-39(19-50)14-6-11-29(51)47-39/h4-5,7-10,17-18,27,34H,6,11-16,19H2,1-3H3,(H,44,45)(H,47,51)/t27-,39-/m0/s1. The van der Waals surface area contributed by atoms with E-state index in [9.17, 15) is 23.2 Å². The van der Waals surface area contributed by atoms with E-state index < -0.39 is 23.4 Å². The van der Waals surface area contributed by atoms with Gasteiger partial charge in [0.25, 0.3) is 12.0 Å². The summed E-state index contributed by atoms with van der Waals surface area (Å²) in [5, 5.41) is 6.82. The Morgan fingerprint density at radius 2 is 1.70 bits per heavy atom. The molecule has 1 aliphatic carbocycles. The minimum Gasteiger partial charge on any atom is -0.481 e. The number of carbonyl (C=O) groups is 1. The second-order valence-electron chi connectivity index (χ2n) is 14.3. The molecule has 8 rings (SSSR count). The highest BCUT2D eigenvalue weighted by atomic mass is 35.5. The molecule has 1 spiro atoms. The number of hydrogen-bond donors (Lipinski definition) is 2. The van der Waals surface area contributed by atoms with Crippen molar-refractivity contribution in [3.63, 3.8) is 0 Å². The predicted octanol–water partition coefficient (Wildman–Crippen LogP) is 7.09. The number of nitrogens with one attached hydrogen (secondary N) is 2. The Morgan fingerprint density at radius 1 is 0.963 bits per heavy atom. The van der Waals surface area contributed by atoms with E-state index in [4.69, 9.17) is 32.9 Å². The first-order valence-corrected chi connectivity index (χ1v) is 18.5. The molecule has 2 aliphatic heterocycles. The summed E-state index contributed by atoms with van der Waals surface area (Å²) in [5.74, 6) is 0.505. The molecular formula is C39H37Cl2F2N7O4. The highest BCUT2D eigenvalue weighted by molar-refractivity contribution is 6.39. The normalized spacial score (nSPS) is 19.9. The number of methoxy groups -OCH3 is 1. The van der Waals surface area contributed by atoms with Gasteiger partial charge in [-0.15, -0.1) is 0 Å². The zero-order valence-corrected chi connectivity index (χ0v) is 31.3. The molecule has 5 heterocycles. The maximum atomic E-state index is 14.0. The molecule has 2 atom stereocenters. The molecule has 0 bridgehead atoms. The number of anilines is 2. The lowest BCUT2D eigenvalue weighted by atomic mass is 9.88. The molecule has 280 valence electrons. The van der Waals surface area contributed by atoms with Crippen molar-refractivity contribution in [3.8, 4) is 28.3 Å². The number of pyridine rings is 2. The summed E-state index contributed by atoms with van der Waals surface area (Å²) in [4.78, 5) is 49.7. The summed E-state index contributed by atoms with van der Waals surface area (Å²) in [6.45, 7) is 1.69. The van der Waals surface area contributed by atoms with Gasteiger partial charge >= 0.3 is 5.69 Å². The number of rotatable bonds is 7. The Hall–Kier alpha value is -4.85. The average Bonchev–Trinajstić information content (AvgIpc) is 3.77. The van der Waals surface area contributed by atoms with Crippen molar-refractivity contribution < 1.29 is 18.3 Å². The number of alkyl halides is 2. The third-order valence-electron chi connectivity index (χ3n) is 11.1. The number of carbonyl (C=O) groups excluding carboxylic acids is 1. The number of hydrogen-bond acceptors (Lipinski definition) is 8. The number of aryl methyl sites for hydroxylation is 2. The quantitative estimate of drug-likeness (QED) is 0.180. The third-order valence-corrected chi connectivity index (χ3v) is 11.9. The molecule has 15 heteroatoms. The smallest absolute Gasteiger partial charge is 0.330 e. The molecule has 2 aromatic carbocycles. The summed E-state index contributed by atoms with van der Waals surface area (Å²) in [6.07, 6.45) is 2.20. The number of aromatic nitrogens is 4. The third kappa shape index (κ3) is 6.02. The molecule has 0 saturated carbocycles. The second-order valence-corrected chi connectivity index (χ2v) is 15.1. The zero-order valence-electron chi connectivity index (χ0n) is 29.8. The van der Waals surface area contributed by atoms with Gasteiger partial charge in [-0.25, -0.2) is 23.5 Å². The Kier molecular flexibility index (Phi) is 9.22. The molecule has 0 radical (unpaired) electrons. The molecule has 2 fully saturated rings. The second kappa shape index (κ2) is 13.8. The van der Waals surface area contributed by atoms with Gasteiger partial charge in [0.2, 0.25) is 11.8 Å². The number of halogens is 4. The number of likely N-dealkylation sites (tertiary alicyclic amines) is 1. The van der Waals surface area contributed by atoms with E-state index >= 15 is 0 Å². The van der Waals surface area contributed by atoms with Crippen LogP contribution in [0.5, 0.6) is 5.88 Å². The van der Waals surface area contributed by atoms with Crippen molar-refractivity contribution in [2.45, 2.75) is 56.5 Å². The minimum atomic E-state index is -2.96. The maximum Gasteiger partial charge on any atom is 0.330 e. The number of nitrogens with zero attached hydrogens (tertiary/aromatic N) is 5. The fourth-order valence-corrected chi connectivity index (χ4v) is 9.04. The molecule has 2 saturated heterocycles. The topological polar surface area (TPSA) is 123 Å². The SMILES string of the molecule is COc1nc(-c2cccc(-c3cccc(Nc4nc(C(F)F)cc5c4c(=O)n(C)c(=O)n5C)c3Cl)c2Cl)cc2c1[C@@H](N1CC[C@@]3(CCCC(=O)N3)C1)CC2. The Labute approximate surface area is 318 Å². The van der Waals surface area contributed by atoms with Crippen LogP contribution < -0.4 is 26.6 Å². The van der Waals surface area contributed by atoms with Crippen LogP contribution in [0.4, 0.5) is 20.3 Å². The Morgan fingerprint density at radius 3 is 2.44 bits per heavy atom. The van der Waals surface area contributed by atoms with Crippen molar-refractivity contribution in [2.75, 3.05) is 25.5 Å². The molecule has 11 nitrogen and oxygen atoms in total. The van der Waals surface area contributed by atoms with E-state index in [-0.39, 0.29) is 44.9 Å². The van der Waals surface area contributed by atoms with E-state index in [1.807, 2.05) is 18.2 Å². The van der Waals surface area contributed by atoms with Crippen molar-refractivity contribution >= 4 is 51.5 Å². The maximum absolute atomic E-state index is 14.0. The highest BCUT2D eigenvalue weighted by Crippen LogP contribution is 2.47. The number of benzene rings is 2. The van der Waals surface area contributed by atoms with Crippen molar-refractivity contribution in [3.05, 3.63) is 96.2 Å². The van der Waals surface area contributed by atoms with E-state index in [2.05, 4.69) is 26.6 Å². The van der Waals surface area contributed by atoms with Crippen LogP contribution in [-0.2, 0) is 25.3 Å². The molecular weight excluding hydrogens is 739 g/mol. The number of fused-ring (bicyclic) bond motifs is 2. The largest absolute Gasteiger partial charge is 0.481 e. The molecule has 5 aromatic rings. The van der Waals surface area contributed by atoms with Crippen LogP contribution in [0.15, 0.2) is 58.1 Å². The molecule has 3 aliphatic rings. The number of piperidine rings is 1. The highest BCUT2D eigenvalue weighted by Gasteiger charge is 2.45. The van der Waals surface area contributed by atoms with Gasteiger partial charge in [0.1, 0.15) is 16.9 Å². The van der Waals surface area contributed by atoms with Crippen molar-refractivity contribution in [1.29, 1.82) is 0 Å². The van der Waals surface area contributed by atoms with Gasteiger partial charge in [0, 0.05) is 61.9 Å². The van der Waals surface area contributed by atoms with E-state index in [0.29, 0.717) is 39.7 Å². The summed E-state index contributed by atoms with van der Waals surface area (Å²) in [5.41, 5.74) is 2.79. The van der Waals surface area contributed by atoms with E-state index in [1.165, 1.54) is 14.1 Å². The number of amides is 1. The summed E-state index contributed by atoms with van der Waals surface area (Å²) < 4.78 is 35.9. The lowest BCUT2D eigenvalue weighted by Crippen LogP contribution is -2.53. The first kappa shape index (κ1) is 36.1. The van der Waals surface area contributed by atoms with Crippen LogP contribution in [0.1, 0.15) is 61.4 Å². The average molecular weight is 777 g/mol. The summed E-state index contributed by atoms with van der Waals surface area (Å²) >= 11 is 14.2. The fourth-order valence-electron chi connectivity index (χ4n) is 8.44. The van der Waals surface area contributed by atoms with E-state index in [1.54, 1.807) is 25.3 Å². The fraction of sp³-hybridized carbons (Fsp3) is 0.359. The zero-order chi connectivity index (χ0) is 38.1. The molecule has 1 amide bonds. The van der Waals surface area contributed by atoms with Crippen molar-refractivity contribution in [2.24, 2.45) is 14.1 Å². The monoisotopic (exact) mass is 775 g/mol. The predicted molar refractivity (Wildman–Crippen MR) is 204 cm³/mol.